The van der Waals surface area contributed by atoms with Crippen LogP contribution in [0.3, 0.4) is 0 Å². The Balaban J connectivity index is 2.07. The third-order valence-corrected chi connectivity index (χ3v) is 2.60. The van der Waals surface area contributed by atoms with E-state index in [0.717, 1.165) is 0 Å². The largest absolute Gasteiger partial charge is 0.401 e. The summed E-state index contributed by atoms with van der Waals surface area (Å²) in [6.07, 6.45) is -2.83. The quantitative estimate of drug-likeness (QED) is 0.732. The minimum Gasteiger partial charge on any atom is -0.353 e. The topological polar surface area (TPSA) is 41.1 Å². The molecule has 0 atom stereocenters. The first-order valence-corrected chi connectivity index (χ1v) is 5.59. The Morgan fingerprint density at radius 2 is 1.94 bits per heavy atom. The van der Waals surface area contributed by atoms with Gasteiger partial charge in [-0.3, -0.25) is 4.79 Å². The molecule has 1 rings (SSSR count). The van der Waals surface area contributed by atoms with Crippen molar-refractivity contribution >= 4 is 17.5 Å². The number of amides is 1. The Morgan fingerprint density at radius 3 is 2.44 bits per heavy atom. The van der Waals surface area contributed by atoms with Gasteiger partial charge >= 0.3 is 6.18 Å². The molecule has 0 heterocycles. The molecule has 7 heteroatoms. The molecule has 0 aliphatic heterocycles. The van der Waals surface area contributed by atoms with Crippen LogP contribution in [0.5, 0.6) is 0 Å². The Hall–Kier alpha value is -0.490. The summed E-state index contributed by atoms with van der Waals surface area (Å²) in [4.78, 5) is 11.1. The van der Waals surface area contributed by atoms with E-state index >= 15 is 0 Å². The van der Waals surface area contributed by atoms with Crippen molar-refractivity contribution in [3.63, 3.8) is 0 Å². The van der Waals surface area contributed by atoms with Crippen LogP contribution in [0, 0.1) is 0 Å². The van der Waals surface area contributed by atoms with E-state index < -0.39 is 12.7 Å². The van der Waals surface area contributed by atoms with E-state index in [9.17, 15) is 18.0 Å². The molecule has 1 aliphatic rings. The second-order valence-corrected chi connectivity index (χ2v) is 4.25. The predicted molar refractivity (Wildman–Crippen MR) is 54.3 cm³/mol. The predicted octanol–water partition coefficient (Wildman–Crippen LogP) is 1.41. The van der Waals surface area contributed by atoms with E-state index in [1.807, 2.05) is 0 Å². The number of carbonyl (C=O) groups is 1. The molecule has 16 heavy (non-hydrogen) atoms. The number of hydrogen-bond acceptors (Lipinski definition) is 2. The summed E-state index contributed by atoms with van der Waals surface area (Å²) in [5.41, 5.74) is 0. The van der Waals surface area contributed by atoms with Crippen molar-refractivity contribution in [2.24, 2.45) is 0 Å². The molecule has 1 aliphatic carbocycles. The van der Waals surface area contributed by atoms with Crippen LogP contribution in [-0.2, 0) is 4.79 Å². The first kappa shape index (κ1) is 13.6. The summed E-state index contributed by atoms with van der Waals surface area (Å²) >= 11 is 5.37. The molecule has 94 valence electrons. The lowest BCUT2D eigenvalue weighted by Gasteiger charge is -2.36. The van der Waals surface area contributed by atoms with Crippen LogP contribution in [0.4, 0.5) is 13.2 Å². The molecule has 0 unspecified atom stereocenters. The number of hydrogen-bond donors (Lipinski definition) is 2. The summed E-state index contributed by atoms with van der Waals surface area (Å²) in [5, 5.41) is 5.09. The molecule has 0 aromatic rings. The molecular formula is C9H14ClF3N2O. The molecular weight excluding hydrogens is 245 g/mol. The number of alkyl halides is 4. The highest BCUT2D eigenvalue weighted by Gasteiger charge is 2.34. The van der Waals surface area contributed by atoms with Crippen LogP contribution in [0.25, 0.3) is 0 Å². The van der Waals surface area contributed by atoms with E-state index in [0.29, 0.717) is 12.8 Å². The molecule has 0 spiro atoms. The SMILES string of the molecule is O=C(CCCl)NC1CC(NCC(F)(F)F)C1. The molecule has 3 nitrogen and oxygen atoms in total. The Labute approximate surface area is 96.7 Å². The zero-order chi connectivity index (χ0) is 12.2. The van der Waals surface area contributed by atoms with Gasteiger partial charge in [0, 0.05) is 24.4 Å². The summed E-state index contributed by atoms with van der Waals surface area (Å²) in [6.45, 7) is -0.972. The van der Waals surface area contributed by atoms with Crippen LogP contribution in [0.2, 0.25) is 0 Å². The van der Waals surface area contributed by atoms with Gasteiger partial charge in [-0.05, 0) is 12.8 Å². The van der Waals surface area contributed by atoms with Gasteiger partial charge in [0.1, 0.15) is 0 Å². The minimum absolute atomic E-state index is 0.0125. The van der Waals surface area contributed by atoms with Gasteiger partial charge in [0.15, 0.2) is 0 Å². The molecule has 0 radical (unpaired) electrons. The Bertz CT molecular complexity index is 241. The van der Waals surface area contributed by atoms with E-state index in [1.165, 1.54) is 0 Å². The van der Waals surface area contributed by atoms with Gasteiger partial charge in [-0.1, -0.05) is 0 Å². The molecule has 0 aromatic carbocycles. The smallest absolute Gasteiger partial charge is 0.353 e. The van der Waals surface area contributed by atoms with Crippen molar-refractivity contribution in [1.82, 2.24) is 10.6 Å². The van der Waals surface area contributed by atoms with E-state index in [-0.39, 0.29) is 30.3 Å². The number of nitrogens with one attached hydrogen (secondary N) is 2. The fraction of sp³-hybridized carbons (Fsp3) is 0.889. The third-order valence-electron chi connectivity index (χ3n) is 2.42. The van der Waals surface area contributed by atoms with Crippen LogP contribution in [-0.4, -0.2) is 36.6 Å². The Kier molecular flexibility index (Phi) is 4.86. The van der Waals surface area contributed by atoms with Crippen LogP contribution >= 0.6 is 11.6 Å². The van der Waals surface area contributed by atoms with Crippen molar-refractivity contribution in [2.45, 2.75) is 37.5 Å². The average molecular weight is 259 g/mol. The fourth-order valence-electron chi connectivity index (χ4n) is 1.55. The highest BCUT2D eigenvalue weighted by atomic mass is 35.5. The lowest BCUT2D eigenvalue weighted by Crippen LogP contribution is -2.53. The maximum atomic E-state index is 11.8. The van der Waals surface area contributed by atoms with Crippen molar-refractivity contribution in [1.29, 1.82) is 0 Å². The first-order chi connectivity index (χ1) is 7.40. The summed E-state index contributed by atoms with van der Waals surface area (Å²) in [7, 11) is 0. The van der Waals surface area contributed by atoms with Crippen molar-refractivity contribution in [3.8, 4) is 0 Å². The summed E-state index contributed by atoms with van der Waals surface area (Å²) < 4.78 is 35.5. The molecule has 1 fully saturated rings. The molecule has 2 N–H and O–H groups in total. The molecule has 1 amide bonds. The lowest BCUT2D eigenvalue weighted by molar-refractivity contribution is -0.129. The second kappa shape index (κ2) is 5.72. The maximum absolute atomic E-state index is 11.8. The Morgan fingerprint density at radius 1 is 1.31 bits per heavy atom. The maximum Gasteiger partial charge on any atom is 0.401 e. The summed E-state index contributed by atoms with van der Waals surface area (Å²) in [6, 6.07) is -0.163. The fourth-order valence-corrected chi connectivity index (χ4v) is 1.72. The van der Waals surface area contributed by atoms with Gasteiger partial charge < -0.3 is 10.6 Å². The van der Waals surface area contributed by atoms with E-state index in [2.05, 4.69) is 10.6 Å². The average Bonchev–Trinajstić information content (AvgIpc) is 2.07. The monoisotopic (exact) mass is 258 g/mol. The van der Waals surface area contributed by atoms with Gasteiger partial charge in [0.05, 0.1) is 6.54 Å². The standard InChI is InChI=1S/C9H14ClF3N2O/c10-2-1-8(16)15-7-3-6(4-7)14-5-9(11,12)13/h6-7,14H,1-5H2,(H,15,16). The van der Waals surface area contributed by atoms with Gasteiger partial charge in [-0.15, -0.1) is 11.6 Å². The summed E-state index contributed by atoms with van der Waals surface area (Å²) in [5.74, 6) is 0.114. The van der Waals surface area contributed by atoms with E-state index in [1.54, 1.807) is 0 Å². The zero-order valence-electron chi connectivity index (χ0n) is 8.61. The van der Waals surface area contributed by atoms with Crippen molar-refractivity contribution in [3.05, 3.63) is 0 Å². The molecule has 0 bridgehead atoms. The normalized spacial score (nSPS) is 25.0. The van der Waals surface area contributed by atoms with Crippen molar-refractivity contribution in [2.75, 3.05) is 12.4 Å². The molecule has 0 saturated heterocycles. The first-order valence-electron chi connectivity index (χ1n) is 5.06. The number of carbonyl (C=O) groups excluding carboxylic acids is 1. The number of rotatable bonds is 5. The van der Waals surface area contributed by atoms with Gasteiger partial charge in [-0.2, -0.15) is 13.2 Å². The minimum atomic E-state index is -4.17. The van der Waals surface area contributed by atoms with Crippen molar-refractivity contribution < 1.29 is 18.0 Å². The molecule has 0 aromatic heterocycles. The highest BCUT2D eigenvalue weighted by molar-refractivity contribution is 6.18. The number of halogens is 4. The second-order valence-electron chi connectivity index (χ2n) is 3.87. The molecule has 1 saturated carbocycles. The highest BCUT2D eigenvalue weighted by Crippen LogP contribution is 2.22. The van der Waals surface area contributed by atoms with Crippen LogP contribution in [0.15, 0.2) is 0 Å². The van der Waals surface area contributed by atoms with Gasteiger partial charge in [-0.25, -0.2) is 0 Å². The van der Waals surface area contributed by atoms with E-state index in [4.69, 9.17) is 11.6 Å². The lowest BCUT2D eigenvalue weighted by atomic mass is 9.86. The third kappa shape index (κ3) is 5.03. The van der Waals surface area contributed by atoms with Gasteiger partial charge in [0.25, 0.3) is 0 Å². The zero-order valence-corrected chi connectivity index (χ0v) is 9.37. The van der Waals surface area contributed by atoms with Crippen LogP contribution in [0.1, 0.15) is 19.3 Å². The van der Waals surface area contributed by atoms with Crippen LogP contribution < -0.4 is 10.6 Å². The van der Waals surface area contributed by atoms with Gasteiger partial charge in [0.2, 0.25) is 5.91 Å².